The Morgan fingerprint density at radius 1 is 0.596 bits per heavy atom. The topological polar surface area (TPSA) is 6.48 Å². The second-order valence-corrected chi connectivity index (χ2v) is 18.7. The summed E-state index contributed by atoms with van der Waals surface area (Å²) in [5.74, 6) is 3.24. The van der Waals surface area contributed by atoms with Crippen LogP contribution in [0, 0.1) is 37.5 Å². The largest absolute Gasteiger partial charge is 0.335 e. The summed E-state index contributed by atoms with van der Waals surface area (Å²) in [5.41, 5.74) is 17.9. The first-order valence-electron chi connectivity index (χ1n) is 19.7. The summed E-state index contributed by atoms with van der Waals surface area (Å²) < 4.78 is 0. The van der Waals surface area contributed by atoms with Crippen molar-refractivity contribution in [2.45, 2.75) is 141 Å². The molecule has 0 bridgehead atoms. The molecule has 3 aromatic carbocycles. The Kier molecular flexibility index (Phi) is 5.23. The first kappa shape index (κ1) is 28.2. The van der Waals surface area contributed by atoms with Crippen LogP contribution in [0.2, 0.25) is 0 Å². The van der Waals surface area contributed by atoms with E-state index in [9.17, 15) is 0 Å². The van der Waals surface area contributed by atoms with Crippen LogP contribution in [0.25, 0.3) is 0 Å². The lowest BCUT2D eigenvalue weighted by atomic mass is 9.33. The summed E-state index contributed by atoms with van der Waals surface area (Å²) >= 11 is 0. The number of hydrogen-bond acceptors (Lipinski definition) is 2. The van der Waals surface area contributed by atoms with Crippen LogP contribution in [0.3, 0.4) is 0 Å². The number of hydrogen-bond donors (Lipinski definition) is 0. The summed E-state index contributed by atoms with van der Waals surface area (Å²) in [5, 5.41) is 0. The number of rotatable bonds is 0. The number of benzene rings is 3. The SMILES string of the molecule is Cc1cc2c3c(c1)C1(C)CCC4CCCCC4C1(C)N3c1cccc3c1B2c1cc(C)cc2c1N3C1(C)C3CCCCC3CCC21C. The van der Waals surface area contributed by atoms with Crippen molar-refractivity contribution < 1.29 is 0 Å². The molecule has 0 aromatic heterocycles. The van der Waals surface area contributed by atoms with Crippen molar-refractivity contribution in [2.75, 3.05) is 9.80 Å². The third kappa shape index (κ3) is 2.91. The van der Waals surface area contributed by atoms with Crippen LogP contribution in [0.15, 0.2) is 42.5 Å². The molecule has 8 aliphatic rings. The molecule has 4 fully saturated rings. The van der Waals surface area contributed by atoms with Crippen LogP contribution in [-0.4, -0.2) is 17.8 Å². The van der Waals surface area contributed by atoms with Gasteiger partial charge in [-0.1, -0.05) is 93.8 Å². The zero-order valence-electron chi connectivity index (χ0n) is 29.8. The van der Waals surface area contributed by atoms with E-state index < -0.39 is 0 Å². The van der Waals surface area contributed by atoms with Gasteiger partial charge in [-0.05, 0) is 130 Å². The van der Waals surface area contributed by atoms with Crippen molar-refractivity contribution in [3.8, 4) is 0 Å². The van der Waals surface area contributed by atoms with Gasteiger partial charge in [0.25, 0.3) is 6.71 Å². The highest BCUT2D eigenvalue weighted by atomic mass is 15.3. The highest BCUT2D eigenvalue weighted by Gasteiger charge is 2.69. The van der Waals surface area contributed by atoms with Gasteiger partial charge in [-0.3, -0.25) is 0 Å². The fraction of sp³-hybridized carbons (Fsp3) is 0.591. The third-order valence-corrected chi connectivity index (χ3v) is 17.1. The first-order valence-corrected chi connectivity index (χ1v) is 19.7. The molecule has 8 atom stereocenters. The zero-order valence-corrected chi connectivity index (χ0v) is 29.8. The Morgan fingerprint density at radius 3 is 1.51 bits per heavy atom. The summed E-state index contributed by atoms with van der Waals surface area (Å²) in [6.07, 6.45) is 16.8. The van der Waals surface area contributed by atoms with Crippen LogP contribution in [0.1, 0.15) is 127 Å². The lowest BCUT2D eigenvalue weighted by Crippen LogP contribution is -2.69. The minimum absolute atomic E-state index is 0.0993. The maximum atomic E-state index is 3.01. The minimum atomic E-state index is 0.0993. The Hall–Kier alpha value is -2.68. The molecule has 0 amide bonds. The van der Waals surface area contributed by atoms with E-state index in [-0.39, 0.29) is 21.9 Å². The van der Waals surface area contributed by atoms with Gasteiger partial charge < -0.3 is 9.80 Å². The smallest absolute Gasteiger partial charge is 0.252 e. The molecule has 4 heterocycles. The van der Waals surface area contributed by atoms with Gasteiger partial charge in [0.15, 0.2) is 0 Å². The lowest BCUT2D eigenvalue weighted by Gasteiger charge is -2.61. The number of anilines is 4. The van der Waals surface area contributed by atoms with Gasteiger partial charge in [-0.15, -0.1) is 0 Å². The average Bonchev–Trinajstić information content (AvgIpc) is 3.41. The van der Waals surface area contributed by atoms with Crippen molar-refractivity contribution >= 4 is 45.9 Å². The van der Waals surface area contributed by atoms with Crippen molar-refractivity contribution in [3.63, 3.8) is 0 Å². The highest BCUT2D eigenvalue weighted by molar-refractivity contribution is 7.00. The van der Waals surface area contributed by atoms with E-state index in [1.807, 2.05) is 0 Å². The Bertz CT molecular complexity index is 1780. The number of nitrogens with zero attached hydrogens (tertiary/aromatic N) is 2. The van der Waals surface area contributed by atoms with Crippen LogP contribution >= 0.6 is 0 Å². The van der Waals surface area contributed by atoms with Crippen LogP contribution in [-0.2, 0) is 10.8 Å². The Balaban J connectivity index is 1.24. The fourth-order valence-electron chi connectivity index (χ4n) is 14.8. The highest BCUT2D eigenvalue weighted by Crippen LogP contribution is 2.69. The third-order valence-electron chi connectivity index (χ3n) is 17.1. The van der Waals surface area contributed by atoms with Gasteiger partial charge >= 0.3 is 0 Å². The molecule has 0 spiro atoms. The van der Waals surface area contributed by atoms with Gasteiger partial charge in [0.2, 0.25) is 0 Å². The monoisotopic (exact) mass is 620 g/mol. The molecule has 242 valence electrons. The van der Waals surface area contributed by atoms with E-state index in [4.69, 9.17) is 0 Å². The molecule has 2 nitrogen and oxygen atoms in total. The maximum Gasteiger partial charge on any atom is 0.252 e. The van der Waals surface area contributed by atoms with Crippen molar-refractivity contribution in [2.24, 2.45) is 23.7 Å². The lowest BCUT2D eigenvalue weighted by molar-refractivity contribution is 0.0334. The summed E-state index contributed by atoms with van der Waals surface area (Å²) in [4.78, 5) is 6.02. The molecule has 0 saturated heterocycles. The summed E-state index contributed by atoms with van der Waals surface area (Å²) in [7, 11) is 0. The average molecular weight is 621 g/mol. The Labute approximate surface area is 283 Å². The maximum absolute atomic E-state index is 3.01. The summed E-state index contributed by atoms with van der Waals surface area (Å²) in [6, 6.07) is 18.1. The fourth-order valence-corrected chi connectivity index (χ4v) is 14.8. The molecular formula is C44H53BN2. The zero-order chi connectivity index (χ0) is 31.8. The first-order chi connectivity index (χ1) is 22.6. The quantitative estimate of drug-likeness (QED) is 0.232. The molecule has 4 saturated carbocycles. The molecular weight excluding hydrogens is 567 g/mol. The number of fused-ring (bicyclic) bond motifs is 14. The second-order valence-electron chi connectivity index (χ2n) is 18.7. The predicted molar refractivity (Wildman–Crippen MR) is 199 cm³/mol. The molecule has 0 radical (unpaired) electrons. The van der Waals surface area contributed by atoms with E-state index in [0.29, 0.717) is 6.71 Å². The molecule has 0 N–H and O–H groups in total. The molecule has 11 rings (SSSR count). The molecule has 4 aliphatic carbocycles. The summed E-state index contributed by atoms with van der Waals surface area (Å²) in [6.45, 7) is 15.9. The second kappa shape index (κ2) is 8.72. The van der Waals surface area contributed by atoms with Gasteiger partial charge in [0.1, 0.15) is 0 Å². The van der Waals surface area contributed by atoms with Crippen molar-refractivity contribution in [1.82, 2.24) is 0 Å². The van der Waals surface area contributed by atoms with E-state index in [1.54, 1.807) is 50.3 Å². The van der Waals surface area contributed by atoms with Crippen LogP contribution in [0.5, 0.6) is 0 Å². The molecule has 47 heavy (non-hydrogen) atoms. The molecule has 8 unspecified atom stereocenters. The van der Waals surface area contributed by atoms with Crippen molar-refractivity contribution in [3.05, 3.63) is 64.7 Å². The van der Waals surface area contributed by atoms with Gasteiger partial charge in [-0.25, -0.2) is 0 Å². The Morgan fingerprint density at radius 2 is 1.04 bits per heavy atom. The van der Waals surface area contributed by atoms with E-state index in [0.717, 1.165) is 23.7 Å². The van der Waals surface area contributed by atoms with Gasteiger partial charge in [0.05, 0.1) is 11.1 Å². The standard InChI is InChI=1S/C44H53BN2/c1-26-22-32-39-34(24-26)45-35-25-27(2)23-33-40(35)47(44(6)31-15-10-8-13-29(31)19-21-42(33,44)4)37-17-11-16-36(38(37)45)46(39)43(5)30-14-9-7-12-28(30)18-20-41(32,43)3/h11,16-17,22-25,28-31H,7-10,12-15,18-21H2,1-6H3. The number of aryl methyl sites for hydroxylation is 2. The predicted octanol–water partition coefficient (Wildman–Crippen LogP) is 8.98. The minimum Gasteiger partial charge on any atom is -0.335 e. The normalized spacial score (nSPS) is 39.7. The van der Waals surface area contributed by atoms with Gasteiger partial charge in [0, 0.05) is 33.6 Å². The van der Waals surface area contributed by atoms with Crippen LogP contribution < -0.4 is 26.2 Å². The van der Waals surface area contributed by atoms with Crippen LogP contribution in [0.4, 0.5) is 22.7 Å². The van der Waals surface area contributed by atoms with E-state index >= 15 is 0 Å². The molecule has 4 aliphatic heterocycles. The molecule has 3 aromatic rings. The molecule has 3 heteroatoms. The van der Waals surface area contributed by atoms with E-state index in [2.05, 4.69) is 93.8 Å². The van der Waals surface area contributed by atoms with Gasteiger partial charge in [-0.2, -0.15) is 0 Å². The van der Waals surface area contributed by atoms with Crippen molar-refractivity contribution in [1.29, 1.82) is 0 Å². The van der Waals surface area contributed by atoms with E-state index in [1.165, 1.54) is 88.2 Å².